The van der Waals surface area contributed by atoms with Crippen LogP contribution in [0.3, 0.4) is 0 Å². The molecule has 1 rings (SSSR count). The number of carbonyl (C=O) groups is 1. The van der Waals surface area contributed by atoms with Crippen molar-refractivity contribution in [2.45, 2.75) is 6.92 Å². The number of halogens is 1. The molecule has 0 spiro atoms. The number of rotatable bonds is 2. The van der Waals surface area contributed by atoms with Gasteiger partial charge in [0.25, 0.3) is 0 Å². The number of Topliss-reactive ketones (excluding diaryl/α,β-unsaturated/α-hetero) is 1. The first-order chi connectivity index (χ1) is 8.42. The molecule has 98 valence electrons. The molecule has 0 aliphatic rings. The molecule has 18 heavy (non-hydrogen) atoms. The lowest BCUT2D eigenvalue weighted by Gasteiger charge is -1.97. The van der Waals surface area contributed by atoms with Crippen molar-refractivity contribution in [1.82, 2.24) is 5.43 Å². The van der Waals surface area contributed by atoms with Crippen LogP contribution < -0.4 is 17.0 Å². The van der Waals surface area contributed by atoms with Gasteiger partial charge in [0.05, 0.1) is 0 Å². The molecule has 0 saturated carbocycles. The van der Waals surface area contributed by atoms with Gasteiger partial charge in [0.15, 0.2) is 5.11 Å². The predicted molar refractivity (Wildman–Crippen MR) is 77.5 cm³/mol. The van der Waals surface area contributed by atoms with Gasteiger partial charge in [0, 0.05) is 10.0 Å². The Hall–Kier alpha value is -1.51. The van der Waals surface area contributed by atoms with E-state index in [1.165, 1.54) is 6.92 Å². The van der Waals surface area contributed by atoms with Crippen LogP contribution in [-0.4, -0.2) is 21.8 Å². The molecule has 6 N–H and O–H groups in total. The minimum absolute atomic E-state index is 0.0855. The highest BCUT2D eigenvalue weighted by molar-refractivity contribution is 9.10. The van der Waals surface area contributed by atoms with Gasteiger partial charge in [-0.25, -0.2) is 5.84 Å². The van der Waals surface area contributed by atoms with Gasteiger partial charge in [0.2, 0.25) is 5.78 Å². The van der Waals surface area contributed by atoms with Crippen LogP contribution in [0.25, 0.3) is 0 Å². The van der Waals surface area contributed by atoms with Crippen LogP contribution in [0.15, 0.2) is 33.9 Å². The van der Waals surface area contributed by atoms with Gasteiger partial charge in [-0.15, -0.1) is 0 Å². The van der Waals surface area contributed by atoms with Crippen LogP contribution >= 0.6 is 28.1 Å². The number of benzene rings is 1. The molecule has 0 aromatic heterocycles. The minimum atomic E-state index is -0.269. The van der Waals surface area contributed by atoms with Gasteiger partial charge in [-0.2, -0.15) is 0 Å². The van der Waals surface area contributed by atoms with Crippen LogP contribution in [0.2, 0.25) is 0 Å². The number of hydrogen-bond donors (Lipinski definition) is 4. The molecule has 1 aromatic carbocycles. The third-order valence-corrected chi connectivity index (χ3v) is 2.37. The molecule has 0 radical (unpaired) electrons. The zero-order chi connectivity index (χ0) is 14.1. The Bertz CT molecular complexity index is 448. The smallest absolute Gasteiger partial charge is 0.210 e. The standard InChI is InChI=1S/C9H8BrNO2.CH5N3S/c1-6(11-13)9(12)7-2-4-8(10)5-3-7;2-1(5)4-3/h2-5,13H,1H3;3H2,(H3,2,4,5)/b11-6-;. The van der Waals surface area contributed by atoms with E-state index in [2.05, 4.69) is 39.1 Å². The monoisotopic (exact) mass is 332 g/mol. The van der Waals surface area contributed by atoms with E-state index in [1.807, 2.05) is 5.43 Å². The molecule has 0 atom stereocenters. The summed E-state index contributed by atoms with van der Waals surface area (Å²) < 4.78 is 0.905. The topological polar surface area (TPSA) is 114 Å². The summed E-state index contributed by atoms with van der Waals surface area (Å²) >= 11 is 7.50. The Morgan fingerprint density at radius 3 is 2.22 bits per heavy atom. The normalized spacial score (nSPS) is 10.1. The number of hydrazine groups is 1. The summed E-state index contributed by atoms with van der Waals surface area (Å²) in [6, 6.07) is 6.86. The second kappa shape index (κ2) is 8.56. The van der Waals surface area contributed by atoms with Crippen molar-refractivity contribution < 1.29 is 10.0 Å². The molecule has 0 bridgehead atoms. The zero-order valence-corrected chi connectivity index (χ0v) is 12.0. The molecule has 0 heterocycles. The first-order valence-electron chi connectivity index (χ1n) is 4.67. The average molecular weight is 333 g/mol. The van der Waals surface area contributed by atoms with Gasteiger partial charge in [-0.3, -0.25) is 4.79 Å². The van der Waals surface area contributed by atoms with E-state index in [1.54, 1.807) is 24.3 Å². The van der Waals surface area contributed by atoms with E-state index in [9.17, 15) is 4.79 Å². The number of carbonyl (C=O) groups excluding carboxylic acids is 1. The fourth-order valence-corrected chi connectivity index (χ4v) is 1.12. The number of hydrogen-bond acceptors (Lipinski definition) is 5. The summed E-state index contributed by atoms with van der Waals surface area (Å²) in [5, 5.41) is 11.3. The maximum Gasteiger partial charge on any atom is 0.210 e. The van der Waals surface area contributed by atoms with E-state index in [-0.39, 0.29) is 16.6 Å². The van der Waals surface area contributed by atoms with Crippen molar-refractivity contribution in [3.8, 4) is 0 Å². The van der Waals surface area contributed by atoms with Crippen molar-refractivity contribution in [3.05, 3.63) is 34.3 Å². The highest BCUT2D eigenvalue weighted by atomic mass is 79.9. The maximum atomic E-state index is 11.4. The highest BCUT2D eigenvalue weighted by Crippen LogP contribution is 2.11. The molecule has 0 amide bonds. The Morgan fingerprint density at radius 1 is 1.44 bits per heavy atom. The van der Waals surface area contributed by atoms with E-state index in [0.717, 1.165) is 4.47 Å². The first kappa shape index (κ1) is 16.5. The fraction of sp³-hybridized carbons (Fsp3) is 0.100. The molecule has 0 saturated heterocycles. The lowest BCUT2D eigenvalue weighted by Crippen LogP contribution is -2.34. The molecule has 1 aromatic rings. The van der Waals surface area contributed by atoms with Crippen LogP contribution in [-0.2, 0) is 0 Å². The van der Waals surface area contributed by atoms with Gasteiger partial charge in [-0.1, -0.05) is 21.1 Å². The predicted octanol–water partition coefficient (Wildman–Crippen LogP) is 1.18. The van der Waals surface area contributed by atoms with Crippen LogP contribution in [0.4, 0.5) is 0 Å². The summed E-state index contributed by atoms with van der Waals surface area (Å²) in [6.07, 6.45) is 0. The lowest BCUT2D eigenvalue weighted by atomic mass is 10.1. The number of oxime groups is 1. The van der Waals surface area contributed by atoms with Crippen molar-refractivity contribution in [3.63, 3.8) is 0 Å². The first-order valence-corrected chi connectivity index (χ1v) is 5.87. The number of nitrogens with two attached hydrogens (primary N) is 2. The summed E-state index contributed by atoms with van der Waals surface area (Å²) in [4.78, 5) is 11.4. The second-order valence-electron chi connectivity index (χ2n) is 3.03. The molecule has 0 aliphatic heterocycles. The fourth-order valence-electron chi connectivity index (χ4n) is 0.856. The molecule has 8 heteroatoms. The van der Waals surface area contributed by atoms with Gasteiger partial charge in [-0.05, 0) is 43.4 Å². The van der Waals surface area contributed by atoms with Crippen LogP contribution in [0.5, 0.6) is 0 Å². The van der Waals surface area contributed by atoms with E-state index >= 15 is 0 Å². The third-order valence-electron chi connectivity index (χ3n) is 1.73. The average Bonchev–Trinajstić information content (AvgIpc) is 2.38. The highest BCUT2D eigenvalue weighted by Gasteiger charge is 2.08. The minimum Gasteiger partial charge on any atom is -0.411 e. The maximum absolute atomic E-state index is 11.4. The third kappa shape index (κ3) is 6.28. The lowest BCUT2D eigenvalue weighted by molar-refractivity contribution is 0.106. The summed E-state index contributed by atoms with van der Waals surface area (Å²) in [7, 11) is 0. The summed E-state index contributed by atoms with van der Waals surface area (Å²) in [6.45, 7) is 1.46. The zero-order valence-electron chi connectivity index (χ0n) is 9.55. The molecule has 0 unspecified atom stereocenters. The number of ketones is 1. The van der Waals surface area contributed by atoms with Gasteiger partial charge in [0.1, 0.15) is 5.71 Å². The van der Waals surface area contributed by atoms with Crippen molar-refractivity contribution >= 4 is 44.8 Å². The quantitative estimate of drug-likeness (QED) is 0.161. The van der Waals surface area contributed by atoms with Crippen molar-refractivity contribution in [2.75, 3.05) is 0 Å². The Morgan fingerprint density at radius 2 is 1.89 bits per heavy atom. The second-order valence-corrected chi connectivity index (χ2v) is 4.39. The van der Waals surface area contributed by atoms with Gasteiger partial charge < -0.3 is 16.4 Å². The largest absolute Gasteiger partial charge is 0.411 e. The Balaban J connectivity index is 0.000000494. The van der Waals surface area contributed by atoms with Gasteiger partial charge >= 0.3 is 0 Å². The molecule has 0 aliphatic carbocycles. The molecule has 6 nitrogen and oxygen atoms in total. The number of thiocarbonyl (C=S) groups is 1. The Kier molecular flexibility index (Phi) is 7.84. The van der Waals surface area contributed by atoms with E-state index < -0.39 is 0 Å². The van der Waals surface area contributed by atoms with Crippen molar-refractivity contribution in [1.29, 1.82) is 0 Å². The summed E-state index contributed by atoms with van der Waals surface area (Å²) in [5.74, 6) is 4.39. The van der Waals surface area contributed by atoms with Crippen molar-refractivity contribution in [2.24, 2.45) is 16.7 Å². The number of nitrogens with zero attached hydrogens (tertiary/aromatic N) is 1. The van der Waals surface area contributed by atoms with E-state index in [4.69, 9.17) is 10.9 Å². The number of nitrogens with one attached hydrogen (secondary N) is 1. The SMILES string of the molecule is C/C(=N/O)C(=O)c1ccc(Br)cc1.NNC(N)=S. The van der Waals surface area contributed by atoms with Crippen LogP contribution in [0.1, 0.15) is 17.3 Å². The molecular formula is C10H13BrN4O2S. The van der Waals surface area contributed by atoms with E-state index in [0.29, 0.717) is 5.56 Å². The van der Waals surface area contributed by atoms with Crippen LogP contribution in [0, 0.1) is 0 Å². The molecule has 0 fully saturated rings. The Labute approximate surface area is 118 Å². The summed E-state index contributed by atoms with van der Waals surface area (Å²) in [5.41, 5.74) is 7.42. The molecular weight excluding hydrogens is 320 g/mol.